The van der Waals surface area contributed by atoms with E-state index in [2.05, 4.69) is 5.32 Å². The van der Waals surface area contributed by atoms with Gasteiger partial charge in [-0.05, 0) is 11.6 Å². The van der Waals surface area contributed by atoms with Crippen LogP contribution in [-0.2, 0) is 11.3 Å². The summed E-state index contributed by atoms with van der Waals surface area (Å²) in [6, 6.07) is 6.98. The standard InChI is InChI=1S/C9H9ClN2O3/c10-8-4-2-1-3-7(8)5-11-9(13)6-12(14)15/h1-4H,5-6H2,(H,11,13). The van der Waals surface area contributed by atoms with E-state index in [-0.39, 0.29) is 6.54 Å². The second-order valence-electron chi connectivity index (χ2n) is 2.86. The molecule has 1 aromatic carbocycles. The predicted octanol–water partition coefficient (Wildman–Crippen LogP) is 1.23. The molecule has 0 spiro atoms. The van der Waals surface area contributed by atoms with Gasteiger partial charge in [0.05, 0.1) is 0 Å². The summed E-state index contributed by atoms with van der Waals surface area (Å²) in [5.41, 5.74) is 0.732. The lowest BCUT2D eigenvalue weighted by molar-refractivity contribution is -0.467. The van der Waals surface area contributed by atoms with Crippen molar-refractivity contribution < 1.29 is 9.72 Å². The van der Waals surface area contributed by atoms with E-state index in [1.54, 1.807) is 24.3 Å². The molecule has 0 heterocycles. The average Bonchev–Trinajstić information content (AvgIpc) is 2.15. The fourth-order valence-corrected chi connectivity index (χ4v) is 1.21. The van der Waals surface area contributed by atoms with Crippen LogP contribution in [0.1, 0.15) is 5.56 Å². The minimum absolute atomic E-state index is 0.201. The van der Waals surface area contributed by atoms with E-state index in [0.717, 1.165) is 5.56 Å². The van der Waals surface area contributed by atoms with Gasteiger partial charge in [0.25, 0.3) is 12.5 Å². The normalized spacial score (nSPS) is 9.67. The number of rotatable bonds is 4. The monoisotopic (exact) mass is 228 g/mol. The molecule has 6 heteroatoms. The third-order valence-corrected chi connectivity index (χ3v) is 2.08. The quantitative estimate of drug-likeness (QED) is 0.622. The topological polar surface area (TPSA) is 72.2 Å². The summed E-state index contributed by atoms with van der Waals surface area (Å²) in [6.45, 7) is -0.517. The second kappa shape index (κ2) is 5.31. The second-order valence-corrected chi connectivity index (χ2v) is 3.27. The minimum Gasteiger partial charge on any atom is -0.346 e. The van der Waals surface area contributed by atoms with Crippen LogP contribution in [0.3, 0.4) is 0 Å². The first-order valence-corrected chi connectivity index (χ1v) is 4.59. The third kappa shape index (κ3) is 3.95. The van der Waals surface area contributed by atoms with E-state index in [4.69, 9.17) is 11.6 Å². The Bertz CT molecular complexity index is 381. The molecule has 1 N–H and O–H groups in total. The largest absolute Gasteiger partial charge is 0.346 e. The molecule has 0 bridgehead atoms. The van der Waals surface area contributed by atoms with Crippen LogP contribution in [0.4, 0.5) is 0 Å². The Morgan fingerprint density at radius 2 is 2.13 bits per heavy atom. The summed E-state index contributed by atoms with van der Waals surface area (Å²) in [5.74, 6) is -0.625. The van der Waals surface area contributed by atoms with Gasteiger partial charge < -0.3 is 5.32 Å². The lowest BCUT2D eigenvalue weighted by atomic mass is 10.2. The van der Waals surface area contributed by atoms with E-state index >= 15 is 0 Å². The Labute approximate surface area is 91.2 Å². The summed E-state index contributed by atoms with van der Waals surface area (Å²) < 4.78 is 0. The van der Waals surface area contributed by atoms with Gasteiger partial charge in [-0.2, -0.15) is 0 Å². The Kier molecular flexibility index (Phi) is 4.05. The van der Waals surface area contributed by atoms with Crippen LogP contribution in [0, 0.1) is 10.1 Å². The van der Waals surface area contributed by atoms with E-state index in [9.17, 15) is 14.9 Å². The van der Waals surface area contributed by atoms with Crippen molar-refractivity contribution in [3.05, 3.63) is 45.0 Å². The van der Waals surface area contributed by atoms with Crippen LogP contribution < -0.4 is 5.32 Å². The van der Waals surface area contributed by atoms with Gasteiger partial charge >= 0.3 is 0 Å². The van der Waals surface area contributed by atoms with Crippen LogP contribution in [0.2, 0.25) is 5.02 Å². The maximum atomic E-state index is 10.9. The molecule has 15 heavy (non-hydrogen) atoms. The SMILES string of the molecule is O=C(C[N+](=O)[O-])NCc1ccccc1Cl. The van der Waals surface area contributed by atoms with Crippen LogP contribution in [0.15, 0.2) is 24.3 Å². The summed E-state index contributed by atoms with van der Waals surface area (Å²) in [7, 11) is 0. The number of hydrogen-bond donors (Lipinski definition) is 1. The van der Waals surface area contributed by atoms with Gasteiger partial charge in [0.15, 0.2) is 0 Å². The molecular weight excluding hydrogens is 220 g/mol. The lowest BCUT2D eigenvalue weighted by Crippen LogP contribution is -2.29. The molecule has 0 aliphatic rings. The number of nitro groups is 1. The number of amides is 1. The summed E-state index contributed by atoms with van der Waals surface area (Å²) in [5, 5.41) is 12.9. The molecule has 0 fully saturated rings. The fourth-order valence-electron chi connectivity index (χ4n) is 1.01. The highest BCUT2D eigenvalue weighted by molar-refractivity contribution is 6.31. The first-order chi connectivity index (χ1) is 7.09. The van der Waals surface area contributed by atoms with Crippen LogP contribution in [0.25, 0.3) is 0 Å². The van der Waals surface area contributed by atoms with Crippen molar-refractivity contribution in [2.45, 2.75) is 6.54 Å². The highest BCUT2D eigenvalue weighted by atomic mass is 35.5. The molecule has 0 aromatic heterocycles. The van der Waals surface area contributed by atoms with Crippen LogP contribution >= 0.6 is 11.6 Å². The first-order valence-electron chi connectivity index (χ1n) is 4.21. The van der Waals surface area contributed by atoms with E-state index in [1.807, 2.05) is 0 Å². The average molecular weight is 229 g/mol. The van der Waals surface area contributed by atoms with E-state index in [0.29, 0.717) is 5.02 Å². The van der Waals surface area contributed by atoms with Crippen LogP contribution in [-0.4, -0.2) is 17.4 Å². The van der Waals surface area contributed by atoms with Crippen molar-refractivity contribution in [2.75, 3.05) is 6.54 Å². The Morgan fingerprint density at radius 3 is 2.73 bits per heavy atom. The van der Waals surface area contributed by atoms with Crippen molar-refractivity contribution in [3.8, 4) is 0 Å². The summed E-state index contributed by atoms with van der Waals surface area (Å²) >= 11 is 5.83. The molecule has 0 saturated carbocycles. The Morgan fingerprint density at radius 1 is 1.47 bits per heavy atom. The Hall–Kier alpha value is -1.62. The molecule has 0 unspecified atom stereocenters. The zero-order valence-corrected chi connectivity index (χ0v) is 8.53. The zero-order valence-electron chi connectivity index (χ0n) is 7.77. The zero-order chi connectivity index (χ0) is 11.3. The fraction of sp³-hybridized carbons (Fsp3) is 0.222. The molecule has 5 nitrogen and oxygen atoms in total. The lowest BCUT2D eigenvalue weighted by Gasteiger charge is -2.04. The molecule has 1 aromatic rings. The number of nitrogens with one attached hydrogen (secondary N) is 1. The third-order valence-electron chi connectivity index (χ3n) is 1.71. The van der Waals surface area contributed by atoms with Gasteiger partial charge in [-0.25, -0.2) is 0 Å². The number of carbonyl (C=O) groups excluding carboxylic acids is 1. The number of halogens is 1. The predicted molar refractivity (Wildman–Crippen MR) is 55.2 cm³/mol. The van der Waals surface area contributed by atoms with E-state index < -0.39 is 17.4 Å². The van der Waals surface area contributed by atoms with Gasteiger partial charge in [-0.1, -0.05) is 29.8 Å². The molecule has 0 atom stereocenters. The molecule has 1 rings (SSSR count). The summed E-state index contributed by atoms with van der Waals surface area (Å²) in [4.78, 5) is 20.3. The van der Waals surface area contributed by atoms with Crippen molar-refractivity contribution >= 4 is 17.5 Å². The highest BCUT2D eigenvalue weighted by Crippen LogP contribution is 2.13. The van der Waals surface area contributed by atoms with Gasteiger partial charge in [-0.15, -0.1) is 0 Å². The van der Waals surface area contributed by atoms with E-state index in [1.165, 1.54) is 0 Å². The maximum Gasteiger partial charge on any atom is 0.292 e. The summed E-state index contributed by atoms with van der Waals surface area (Å²) in [6.07, 6.45) is 0. The van der Waals surface area contributed by atoms with Gasteiger partial charge in [0.2, 0.25) is 0 Å². The molecule has 0 aliphatic heterocycles. The van der Waals surface area contributed by atoms with Crippen LogP contribution in [0.5, 0.6) is 0 Å². The van der Waals surface area contributed by atoms with Gasteiger partial charge in [0, 0.05) is 16.5 Å². The number of hydrogen-bond acceptors (Lipinski definition) is 3. The molecule has 0 aliphatic carbocycles. The highest BCUT2D eigenvalue weighted by Gasteiger charge is 2.08. The molecule has 0 radical (unpaired) electrons. The van der Waals surface area contributed by atoms with Gasteiger partial charge in [-0.3, -0.25) is 14.9 Å². The van der Waals surface area contributed by atoms with Crippen molar-refractivity contribution in [3.63, 3.8) is 0 Å². The minimum atomic E-state index is -0.718. The maximum absolute atomic E-state index is 10.9. The first kappa shape index (κ1) is 11.5. The molecule has 0 saturated heterocycles. The Balaban J connectivity index is 2.47. The molecule has 1 amide bonds. The van der Waals surface area contributed by atoms with Crippen molar-refractivity contribution in [1.29, 1.82) is 0 Å². The number of nitrogens with zero attached hydrogens (tertiary/aromatic N) is 1. The van der Waals surface area contributed by atoms with Crippen molar-refractivity contribution in [2.24, 2.45) is 0 Å². The molecular formula is C9H9ClN2O3. The van der Waals surface area contributed by atoms with Gasteiger partial charge in [0.1, 0.15) is 0 Å². The number of carbonyl (C=O) groups is 1. The van der Waals surface area contributed by atoms with Crippen molar-refractivity contribution in [1.82, 2.24) is 5.32 Å². The smallest absolute Gasteiger partial charge is 0.292 e. The molecule has 80 valence electrons. The number of benzene rings is 1.